The number of nitrogens with zero attached hydrogens (tertiary/aromatic N) is 1. The van der Waals surface area contributed by atoms with Crippen LogP contribution in [0, 0.1) is 11.3 Å². The first-order valence-electron chi connectivity index (χ1n) is 7.97. The van der Waals surface area contributed by atoms with E-state index in [2.05, 4.69) is 17.1 Å². The van der Waals surface area contributed by atoms with Crippen LogP contribution in [0.1, 0.15) is 32.6 Å². The molecular weight excluding hydrogens is 254 g/mol. The molecule has 5 heteroatoms. The highest BCUT2D eigenvalue weighted by Crippen LogP contribution is 2.33. The second-order valence-electron chi connectivity index (χ2n) is 6.84. The summed E-state index contributed by atoms with van der Waals surface area (Å²) >= 11 is 0. The van der Waals surface area contributed by atoms with Crippen molar-refractivity contribution in [2.75, 3.05) is 32.8 Å². The molecule has 0 spiro atoms. The van der Waals surface area contributed by atoms with Gasteiger partial charge in [-0.05, 0) is 31.6 Å². The van der Waals surface area contributed by atoms with Gasteiger partial charge in [0.1, 0.15) is 0 Å². The van der Waals surface area contributed by atoms with E-state index in [4.69, 9.17) is 10.5 Å². The molecule has 1 aliphatic carbocycles. The van der Waals surface area contributed by atoms with Crippen LogP contribution < -0.4 is 11.1 Å². The number of carbonyl (C=O) groups excluding carboxylic acids is 1. The van der Waals surface area contributed by atoms with Crippen LogP contribution >= 0.6 is 0 Å². The minimum absolute atomic E-state index is 0.151. The number of nitrogens with one attached hydrogen (secondary N) is 1. The van der Waals surface area contributed by atoms with E-state index in [1.807, 2.05) is 0 Å². The normalized spacial score (nSPS) is 34.1. The first-order chi connectivity index (χ1) is 9.64. The number of amides is 1. The fourth-order valence-electron chi connectivity index (χ4n) is 3.54. The molecule has 2 heterocycles. The van der Waals surface area contributed by atoms with Gasteiger partial charge >= 0.3 is 0 Å². The van der Waals surface area contributed by atoms with Crippen molar-refractivity contribution in [2.45, 2.75) is 44.7 Å². The fraction of sp³-hybridized carbons (Fsp3) is 0.933. The molecule has 3 N–H and O–H groups in total. The molecule has 1 amide bonds. The zero-order valence-corrected chi connectivity index (χ0v) is 12.4. The molecule has 2 aliphatic heterocycles. The van der Waals surface area contributed by atoms with Crippen molar-refractivity contribution in [3.05, 3.63) is 0 Å². The zero-order valence-electron chi connectivity index (χ0n) is 12.4. The number of rotatable bonds is 4. The van der Waals surface area contributed by atoms with Gasteiger partial charge in [-0.3, -0.25) is 9.69 Å². The molecule has 2 atom stereocenters. The van der Waals surface area contributed by atoms with E-state index in [1.54, 1.807) is 0 Å². The van der Waals surface area contributed by atoms with Crippen LogP contribution in [0.25, 0.3) is 0 Å². The summed E-state index contributed by atoms with van der Waals surface area (Å²) in [5, 5.41) is 3.29. The number of hydrogen-bond acceptors (Lipinski definition) is 4. The quantitative estimate of drug-likeness (QED) is 0.780. The summed E-state index contributed by atoms with van der Waals surface area (Å²) in [5.74, 6) is 0.687. The zero-order chi connectivity index (χ0) is 14.2. The third-order valence-corrected chi connectivity index (χ3v) is 5.34. The predicted octanol–water partition coefficient (Wildman–Crippen LogP) is 0.341. The van der Waals surface area contributed by atoms with Gasteiger partial charge < -0.3 is 15.8 Å². The second kappa shape index (κ2) is 5.62. The third kappa shape index (κ3) is 2.71. The summed E-state index contributed by atoms with van der Waals surface area (Å²) in [5.41, 5.74) is 5.51. The van der Waals surface area contributed by atoms with Crippen LogP contribution in [0.4, 0.5) is 0 Å². The van der Waals surface area contributed by atoms with Crippen LogP contribution in [0.5, 0.6) is 0 Å². The molecule has 1 saturated carbocycles. The van der Waals surface area contributed by atoms with Crippen LogP contribution in [-0.4, -0.2) is 55.7 Å². The van der Waals surface area contributed by atoms with Crippen LogP contribution in [0.3, 0.4) is 0 Å². The Balaban J connectivity index is 1.59. The Hall–Kier alpha value is -0.650. The molecule has 2 saturated heterocycles. The van der Waals surface area contributed by atoms with Crippen molar-refractivity contribution in [1.29, 1.82) is 0 Å². The van der Waals surface area contributed by atoms with Gasteiger partial charge in [0.05, 0.1) is 5.41 Å². The Labute approximate surface area is 121 Å². The second-order valence-corrected chi connectivity index (χ2v) is 6.84. The number of carbonyl (C=O) groups is 1. The lowest BCUT2D eigenvalue weighted by molar-refractivity contribution is -0.136. The van der Waals surface area contributed by atoms with Crippen molar-refractivity contribution in [3.63, 3.8) is 0 Å². The SMILES string of the molecule is CC1CN(C2CC2)CC1NC(=O)C1(CN)CCOCC1. The van der Waals surface area contributed by atoms with Crippen molar-refractivity contribution in [3.8, 4) is 0 Å². The van der Waals surface area contributed by atoms with Crippen molar-refractivity contribution < 1.29 is 9.53 Å². The molecule has 3 rings (SSSR count). The van der Waals surface area contributed by atoms with E-state index in [0.717, 1.165) is 32.0 Å². The predicted molar refractivity (Wildman–Crippen MR) is 77.2 cm³/mol. The Morgan fingerprint density at radius 3 is 2.65 bits per heavy atom. The molecule has 0 bridgehead atoms. The maximum Gasteiger partial charge on any atom is 0.227 e. The minimum atomic E-state index is -0.398. The van der Waals surface area contributed by atoms with Crippen LogP contribution in [0.2, 0.25) is 0 Å². The number of ether oxygens (including phenoxy) is 1. The smallest absolute Gasteiger partial charge is 0.227 e. The highest BCUT2D eigenvalue weighted by atomic mass is 16.5. The summed E-state index contributed by atoms with van der Waals surface area (Å²) in [7, 11) is 0. The fourth-order valence-corrected chi connectivity index (χ4v) is 3.54. The molecule has 20 heavy (non-hydrogen) atoms. The largest absolute Gasteiger partial charge is 0.381 e. The van der Waals surface area contributed by atoms with Gasteiger partial charge in [0.2, 0.25) is 5.91 Å². The first-order valence-corrected chi connectivity index (χ1v) is 7.97. The van der Waals surface area contributed by atoms with Gasteiger partial charge in [0.15, 0.2) is 0 Å². The Morgan fingerprint density at radius 1 is 1.35 bits per heavy atom. The topological polar surface area (TPSA) is 67.6 Å². The van der Waals surface area contributed by atoms with E-state index in [1.165, 1.54) is 12.8 Å². The van der Waals surface area contributed by atoms with Crippen LogP contribution in [0.15, 0.2) is 0 Å². The Bertz CT molecular complexity index is 364. The Kier molecular flexibility index (Phi) is 4.02. The van der Waals surface area contributed by atoms with Crippen molar-refractivity contribution in [1.82, 2.24) is 10.2 Å². The van der Waals surface area contributed by atoms with E-state index < -0.39 is 5.41 Å². The monoisotopic (exact) mass is 281 g/mol. The van der Waals surface area contributed by atoms with Gasteiger partial charge in [-0.1, -0.05) is 6.92 Å². The maximum atomic E-state index is 12.7. The summed E-state index contributed by atoms with van der Waals surface area (Å²) < 4.78 is 5.38. The van der Waals surface area contributed by atoms with Gasteiger partial charge in [-0.2, -0.15) is 0 Å². The molecule has 3 fully saturated rings. The van der Waals surface area contributed by atoms with Gasteiger partial charge in [0.25, 0.3) is 0 Å². The van der Waals surface area contributed by atoms with Gasteiger partial charge in [0, 0.05) is 44.9 Å². The number of hydrogen-bond donors (Lipinski definition) is 2. The van der Waals surface area contributed by atoms with E-state index in [0.29, 0.717) is 25.7 Å². The summed E-state index contributed by atoms with van der Waals surface area (Å²) in [6, 6.07) is 1.07. The van der Waals surface area contributed by atoms with E-state index in [-0.39, 0.29) is 11.9 Å². The first kappa shape index (κ1) is 14.3. The van der Waals surface area contributed by atoms with E-state index in [9.17, 15) is 4.79 Å². The number of likely N-dealkylation sites (tertiary alicyclic amines) is 1. The molecule has 0 aromatic carbocycles. The molecule has 3 aliphatic rings. The minimum Gasteiger partial charge on any atom is -0.381 e. The average Bonchev–Trinajstić information content (AvgIpc) is 3.25. The molecule has 0 aromatic rings. The average molecular weight is 281 g/mol. The molecular formula is C15H27N3O2. The molecule has 0 aromatic heterocycles. The molecule has 5 nitrogen and oxygen atoms in total. The highest BCUT2D eigenvalue weighted by molar-refractivity contribution is 5.83. The van der Waals surface area contributed by atoms with Crippen molar-refractivity contribution >= 4 is 5.91 Å². The summed E-state index contributed by atoms with van der Waals surface area (Å²) in [6.07, 6.45) is 4.17. The van der Waals surface area contributed by atoms with Crippen LogP contribution in [-0.2, 0) is 9.53 Å². The van der Waals surface area contributed by atoms with Gasteiger partial charge in [-0.25, -0.2) is 0 Å². The third-order valence-electron chi connectivity index (χ3n) is 5.34. The maximum absolute atomic E-state index is 12.7. The summed E-state index contributed by atoms with van der Waals surface area (Å²) in [4.78, 5) is 15.2. The lowest BCUT2D eigenvalue weighted by Gasteiger charge is -2.36. The van der Waals surface area contributed by atoms with Gasteiger partial charge in [-0.15, -0.1) is 0 Å². The molecule has 114 valence electrons. The lowest BCUT2D eigenvalue weighted by Crippen LogP contribution is -2.53. The summed E-state index contributed by atoms with van der Waals surface area (Å²) in [6.45, 7) is 6.10. The number of nitrogens with two attached hydrogens (primary N) is 1. The molecule has 2 unspecified atom stereocenters. The highest BCUT2D eigenvalue weighted by Gasteiger charge is 2.43. The standard InChI is InChI=1S/C15H27N3O2/c1-11-8-18(12-2-3-12)9-13(11)17-14(19)15(10-16)4-6-20-7-5-15/h11-13H,2-10,16H2,1H3,(H,17,19). The Morgan fingerprint density at radius 2 is 2.05 bits per heavy atom. The lowest BCUT2D eigenvalue weighted by atomic mass is 9.79. The molecule has 0 radical (unpaired) electrons. The van der Waals surface area contributed by atoms with E-state index >= 15 is 0 Å². The van der Waals surface area contributed by atoms with Crippen molar-refractivity contribution in [2.24, 2.45) is 17.1 Å².